The number of nitrogens with one attached hydrogen (secondary N) is 1. The minimum absolute atomic E-state index is 0.384. The van der Waals surface area contributed by atoms with Crippen LogP contribution >= 0.6 is 0 Å². The number of aromatic nitrogens is 3. The first-order valence-corrected chi connectivity index (χ1v) is 9.95. The Kier molecular flexibility index (Phi) is 4.16. The number of rotatable bonds is 3. The first-order valence-electron chi connectivity index (χ1n) is 9.95. The highest BCUT2D eigenvalue weighted by molar-refractivity contribution is 5.97. The van der Waals surface area contributed by atoms with Crippen molar-refractivity contribution in [3.8, 4) is 22.4 Å². The van der Waals surface area contributed by atoms with E-state index in [9.17, 15) is 0 Å². The van der Waals surface area contributed by atoms with Gasteiger partial charge in [-0.15, -0.1) is 0 Å². The van der Waals surface area contributed by atoms with Gasteiger partial charge in [0.2, 0.25) is 0 Å². The van der Waals surface area contributed by atoms with E-state index < -0.39 is 0 Å². The predicted molar refractivity (Wildman–Crippen MR) is 120 cm³/mol. The van der Waals surface area contributed by atoms with Crippen LogP contribution in [0.5, 0.6) is 0 Å². The van der Waals surface area contributed by atoms with E-state index in [4.69, 9.17) is 4.98 Å². The van der Waals surface area contributed by atoms with Gasteiger partial charge in [0.05, 0.1) is 17.9 Å². The Morgan fingerprint density at radius 3 is 2.66 bits per heavy atom. The van der Waals surface area contributed by atoms with Gasteiger partial charge in [0.25, 0.3) is 0 Å². The average Bonchev–Trinajstić information content (AvgIpc) is 3.16. The standard InChI is InChI=1S/C24H23N5/c1-15(2)29-14-16(3)27-24-22(29)11-18(12-25-24)20-13-26-23-19(20)9-10-21(28-23)17-7-5-4-6-8-17/h4-13,15H,14H2,1-3H3,(H,26,28). The van der Waals surface area contributed by atoms with Gasteiger partial charge in [-0.2, -0.15) is 0 Å². The second-order valence-corrected chi connectivity index (χ2v) is 7.80. The first-order chi connectivity index (χ1) is 14.1. The van der Waals surface area contributed by atoms with Crippen molar-refractivity contribution in [3.63, 3.8) is 0 Å². The highest BCUT2D eigenvalue weighted by Gasteiger charge is 2.22. The molecule has 5 rings (SSSR count). The summed E-state index contributed by atoms with van der Waals surface area (Å²) in [5.41, 5.74) is 7.32. The zero-order valence-corrected chi connectivity index (χ0v) is 16.8. The van der Waals surface area contributed by atoms with Crippen LogP contribution < -0.4 is 4.90 Å². The molecule has 1 N–H and O–H groups in total. The number of benzene rings is 1. The summed E-state index contributed by atoms with van der Waals surface area (Å²) in [4.78, 5) is 19.8. The van der Waals surface area contributed by atoms with Crippen molar-refractivity contribution in [1.29, 1.82) is 0 Å². The highest BCUT2D eigenvalue weighted by Crippen LogP contribution is 2.37. The maximum absolute atomic E-state index is 4.82. The fraction of sp³-hybridized carbons (Fsp3) is 0.208. The molecule has 0 saturated heterocycles. The molecular weight excluding hydrogens is 358 g/mol. The summed E-state index contributed by atoms with van der Waals surface area (Å²) in [7, 11) is 0. The number of aromatic amines is 1. The fourth-order valence-electron chi connectivity index (χ4n) is 3.91. The van der Waals surface area contributed by atoms with Gasteiger partial charge >= 0.3 is 0 Å². The van der Waals surface area contributed by atoms with E-state index in [0.29, 0.717) is 6.04 Å². The third kappa shape index (κ3) is 3.09. The van der Waals surface area contributed by atoms with E-state index in [1.165, 1.54) is 0 Å². The predicted octanol–water partition coefficient (Wildman–Crippen LogP) is 5.61. The minimum Gasteiger partial charge on any atom is -0.360 e. The quantitative estimate of drug-likeness (QED) is 0.502. The lowest BCUT2D eigenvalue weighted by molar-refractivity contribution is 0.725. The van der Waals surface area contributed by atoms with Crippen LogP contribution in [0.4, 0.5) is 11.5 Å². The molecule has 5 nitrogen and oxygen atoms in total. The molecule has 0 radical (unpaired) electrons. The van der Waals surface area contributed by atoms with Crippen LogP contribution in [-0.4, -0.2) is 33.3 Å². The number of hydrogen-bond donors (Lipinski definition) is 1. The van der Waals surface area contributed by atoms with Crippen molar-refractivity contribution in [2.24, 2.45) is 4.99 Å². The fourth-order valence-corrected chi connectivity index (χ4v) is 3.91. The molecule has 5 heteroatoms. The van der Waals surface area contributed by atoms with Gasteiger partial charge in [-0.05, 0) is 39.0 Å². The molecule has 0 aliphatic carbocycles. The van der Waals surface area contributed by atoms with E-state index in [-0.39, 0.29) is 0 Å². The second kappa shape index (κ2) is 6.85. The van der Waals surface area contributed by atoms with Crippen molar-refractivity contribution < 1.29 is 0 Å². The van der Waals surface area contributed by atoms with Gasteiger partial charge in [-0.25, -0.2) is 15.0 Å². The summed E-state index contributed by atoms with van der Waals surface area (Å²) in [6, 6.07) is 17.0. The lowest BCUT2D eigenvalue weighted by Crippen LogP contribution is -2.37. The summed E-state index contributed by atoms with van der Waals surface area (Å²) >= 11 is 0. The number of aliphatic imine (C=N–C) groups is 1. The summed E-state index contributed by atoms with van der Waals surface area (Å²) in [5.74, 6) is 0.801. The Labute approximate surface area is 170 Å². The summed E-state index contributed by atoms with van der Waals surface area (Å²) in [5, 5.41) is 1.10. The molecule has 0 unspecified atom stereocenters. The SMILES string of the molecule is CC1=Nc2ncc(-c3c[nH]c4nc(-c5ccccc5)ccc34)cc2N(C(C)C)C1. The number of nitrogens with zero attached hydrogens (tertiary/aromatic N) is 4. The topological polar surface area (TPSA) is 57.2 Å². The third-order valence-electron chi connectivity index (χ3n) is 5.40. The van der Waals surface area contributed by atoms with Crippen LogP contribution in [0, 0.1) is 0 Å². The van der Waals surface area contributed by atoms with Gasteiger partial charge < -0.3 is 9.88 Å². The van der Waals surface area contributed by atoms with Crippen molar-refractivity contribution in [2.75, 3.05) is 11.4 Å². The normalized spacial score (nSPS) is 13.7. The van der Waals surface area contributed by atoms with Crippen molar-refractivity contribution in [3.05, 3.63) is 60.9 Å². The van der Waals surface area contributed by atoms with Crippen LogP contribution in [0.2, 0.25) is 0 Å². The summed E-state index contributed by atoms with van der Waals surface area (Å²) in [6.45, 7) is 7.31. The largest absolute Gasteiger partial charge is 0.360 e. The van der Waals surface area contributed by atoms with Gasteiger partial charge in [-0.1, -0.05) is 30.3 Å². The van der Waals surface area contributed by atoms with Crippen LogP contribution in [0.15, 0.2) is 65.9 Å². The van der Waals surface area contributed by atoms with Crippen molar-refractivity contribution >= 4 is 28.3 Å². The number of hydrogen-bond acceptors (Lipinski definition) is 4. The van der Waals surface area contributed by atoms with Crippen LogP contribution in [0.3, 0.4) is 0 Å². The molecule has 0 amide bonds. The second-order valence-electron chi connectivity index (χ2n) is 7.80. The highest BCUT2D eigenvalue weighted by atomic mass is 15.2. The summed E-state index contributed by atoms with van der Waals surface area (Å²) < 4.78 is 0. The third-order valence-corrected chi connectivity index (χ3v) is 5.40. The molecule has 0 saturated carbocycles. The van der Waals surface area contributed by atoms with E-state index >= 15 is 0 Å². The van der Waals surface area contributed by atoms with Crippen LogP contribution in [0.25, 0.3) is 33.4 Å². The molecule has 1 aromatic carbocycles. The number of H-pyrrole nitrogens is 1. The molecule has 29 heavy (non-hydrogen) atoms. The summed E-state index contributed by atoms with van der Waals surface area (Å²) in [6.07, 6.45) is 3.93. The Balaban J connectivity index is 1.59. The zero-order valence-electron chi connectivity index (χ0n) is 16.8. The molecule has 4 aromatic rings. The van der Waals surface area contributed by atoms with Crippen LogP contribution in [-0.2, 0) is 0 Å². The van der Waals surface area contributed by atoms with E-state index in [1.807, 2.05) is 30.6 Å². The smallest absolute Gasteiger partial charge is 0.175 e. The number of pyridine rings is 2. The molecular formula is C24H23N5. The van der Waals surface area contributed by atoms with E-state index in [0.717, 1.165) is 57.2 Å². The molecule has 144 valence electrons. The minimum atomic E-state index is 0.384. The maximum atomic E-state index is 4.82. The first kappa shape index (κ1) is 17.6. The molecule has 0 bridgehead atoms. The van der Waals surface area contributed by atoms with Crippen LogP contribution in [0.1, 0.15) is 20.8 Å². The zero-order chi connectivity index (χ0) is 20.0. The van der Waals surface area contributed by atoms with Gasteiger partial charge in [-0.3, -0.25) is 0 Å². The molecule has 0 fully saturated rings. The molecule has 1 aliphatic rings. The van der Waals surface area contributed by atoms with Gasteiger partial charge in [0.15, 0.2) is 5.82 Å². The molecule has 0 spiro atoms. The maximum Gasteiger partial charge on any atom is 0.175 e. The average molecular weight is 381 g/mol. The lowest BCUT2D eigenvalue weighted by atomic mass is 10.0. The number of anilines is 1. The van der Waals surface area contributed by atoms with E-state index in [1.54, 1.807) is 0 Å². The molecule has 0 atom stereocenters. The Bertz CT molecular complexity index is 1220. The molecule has 3 aromatic heterocycles. The van der Waals surface area contributed by atoms with Gasteiger partial charge in [0, 0.05) is 46.2 Å². The Morgan fingerprint density at radius 2 is 1.86 bits per heavy atom. The van der Waals surface area contributed by atoms with Crippen molar-refractivity contribution in [1.82, 2.24) is 15.0 Å². The number of fused-ring (bicyclic) bond motifs is 2. The van der Waals surface area contributed by atoms with Crippen molar-refractivity contribution in [2.45, 2.75) is 26.8 Å². The van der Waals surface area contributed by atoms with E-state index in [2.05, 4.69) is 71.0 Å². The van der Waals surface area contributed by atoms with Gasteiger partial charge in [0.1, 0.15) is 5.65 Å². The Hall–Kier alpha value is -3.47. The molecule has 1 aliphatic heterocycles. The lowest BCUT2D eigenvalue weighted by Gasteiger charge is -2.32. The Morgan fingerprint density at radius 1 is 1.03 bits per heavy atom. The molecule has 4 heterocycles. The monoisotopic (exact) mass is 381 g/mol.